The lowest BCUT2D eigenvalue weighted by Crippen LogP contribution is -2.05. The van der Waals surface area contributed by atoms with Crippen LogP contribution >= 0.6 is 11.6 Å². The van der Waals surface area contributed by atoms with Crippen molar-refractivity contribution in [3.05, 3.63) is 17.2 Å². The maximum Gasteiger partial charge on any atom is 0.181 e. The predicted molar refractivity (Wildman–Crippen MR) is 55.3 cm³/mol. The van der Waals surface area contributed by atoms with Crippen molar-refractivity contribution < 1.29 is 13.5 Å². The Hall–Kier alpha value is -0.940. The van der Waals surface area contributed by atoms with E-state index in [1.165, 1.54) is 19.1 Å². The van der Waals surface area contributed by atoms with Gasteiger partial charge in [0.15, 0.2) is 15.6 Å². The van der Waals surface area contributed by atoms with E-state index in [-0.39, 0.29) is 21.4 Å². The lowest BCUT2D eigenvalue weighted by Gasteiger charge is -2.07. The SMILES string of the molecule is CCS(=O)(=O)c1cc(Cl)cc(N)c1O. The van der Waals surface area contributed by atoms with Gasteiger partial charge in [0.1, 0.15) is 4.90 Å². The summed E-state index contributed by atoms with van der Waals surface area (Å²) in [6.07, 6.45) is 0. The Balaban J connectivity index is 3.50. The fourth-order valence-electron chi connectivity index (χ4n) is 0.987. The normalized spacial score (nSPS) is 11.6. The first kappa shape index (κ1) is 11.1. The summed E-state index contributed by atoms with van der Waals surface area (Å²) in [7, 11) is -3.49. The first-order chi connectivity index (χ1) is 6.38. The topological polar surface area (TPSA) is 80.4 Å². The smallest absolute Gasteiger partial charge is 0.181 e. The molecule has 78 valence electrons. The van der Waals surface area contributed by atoms with E-state index in [2.05, 4.69) is 0 Å². The Morgan fingerprint density at radius 1 is 1.50 bits per heavy atom. The highest BCUT2D eigenvalue weighted by Gasteiger charge is 2.19. The summed E-state index contributed by atoms with van der Waals surface area (Å²) in [6, 6.07) is 2.48. The van der Waals surface area contributed by atoms with Crippen molar-refractivity contribution in [2.45, 2.75) is 11.8 Å². The van der Waals surface area contributed by atoms with Crippen LogP contribution in [-0.4, -0.2) is 19.3 Å². The number of nitrogen functional groups attached to an aromatic ring is 1. The van der Waals surface area contributed by atoms with Crippen LogP contribution in [0, 0.1) is 0 Å². The average molecular weight is 236 g/mol. The fourth-order valence-corrected chi connectivity index (χ4v) is 2.31. The second kappa shape index (κ2) is 3.67. The van der Waals surface area contributed by atoms with Crippen LogP contribution in [0.5, 0.6) is 5.75 Å². The van der Waals surface area contributed by atoms with Gasteiger partial charge in [0, 0.05) is 5.02 Å². The maximum atomic E-state index is 11.5. The Morgan fingerprint density at radius 3 is 2.57 bits per heavy atom. The lowest BCUT2D eigenvalue weighted by molar-refractivity contribution is 0.461. The van der Waals surface area contributed by atoms with Gasteiger partial charge in [-0.25, -0.2) is 8.42 Å². The molecule has 1 aromatic carbocycles. The molecule has 0 amide bonds. The zero-order valence-corrected chi connectivity index (χ0v) is 9.06. The molecule has 0 aliphatic carbocycles. The third-order valence-electron chi connectivity index (χ3n) is 1.78. The molecule has 6 heteroatoms. The molecule has 1 aromatic rings. The van der Waals surface area contributed by atoms with Gasteiger partial charge in [0.05, 0.1) is 11.4 Å². The van der Waals surface area contributed by atoms with Crippen molar-refractivity contribution in [2.75, 3.05) is 11.5 Å². The summed E-state index contributed by atoms with van der Waals surface area (Å²) in [5.41, 5.74) is 5.34. The van der Waals surface area contributed by atoms with E-state index in [0.717, 1.165) is 0 Å². The monoisotopic (exact) mass is 235 g/mol. The molecule has 0 aliphatic heterocycles. The fraction of sp³-hybridized carbons (Fsp3) is 0.250. The number of nitrogens with two attached hydrogens (primary N) is 1. The molecule has 0 saturated carbocycles. The van der Waals surface area contributed by atoms with Crippen molar-refractivity contribution >= 4 is 27.1 Å². The number of halogens is 1. The Kier molecular flexibility index (Phi) is 2.92. The number of hydrogen-bond acceptors (Lipinski definition) is 4. The zero-order valence-electron chi connectivity index (χ0n) is 7.49. The van der Waals surface area contributed by atoms with E-state index in [9.17, 15) is 13.5 Å². The number of phenols is 1. The van der Waals surface area contributed by atoms with Crippen LogP contribution in [0.1, 0.15) is 6.92 Å². The largest absolute Gasteiger partial charge is 0.504 e. The summed E-state index contributed by atoms with van der Waals surface area (Å²) in [5, 5.41) is 9.61. The lowest BCUT2D eigenvalue weighted by atomic mass is 10.3. The molecular weight excluding hydrogens is 226 g/mol. The molecule has 0 radical (unpaired) electrons. The molecule has 1 rings (SSSR count). The highest BCUT2D eigenvalue weighted by atomic mass is 35.5. The maximum absolute atomic E-state index is 11.5. The van der Waals surface area contributed by atoms with Crippen molar-refractivity contribution in [2.24, 2.45) is 0 Å². The average Bonchev–Trinajstić information content (AvgIpc) is 2.11. The third kappa shape index (κ3) is 1.93. The van der Waals surface area contributed by atoms with Gasteiger partial charge in [0.25, 0.3) is 0 Å². The Bertz CT molecular complexity index is 456. The second-order valence-corrected chi connectivity index (χ2v) is 5.43. The number of aromatic hydroxyl groups is 1. The van der Waals surface area contributed by atoms with Crippen LogP contribution in [0.3, 0.4) is 0 Å². The summed E-state index contributed by atoms with van der Waals surface area (Å²) in [6.45, 7) is 1.48. The molecule has 0 aliphatic rings. The van der Waals surface area contributed by atoms with Gasteiger partial charge in [-0.1, -0.05) is 18.5 Å². The minimum absolute atomic E-state index is 0.0375. The molecule has 4 nitrogen and oxygen atoms in total. The van der Waals surface area contributed by atoms with Crippen LogP contribution < -0.4 is 5.73 Å². The molecule has 0 unspecified atom stereocenters. The van der Waals surface area contributed by atoms with Gasteiger partial charge >= 0.3 is 0 Å². The van der Waals surface area contributed by atoms with E-state index < -0.39 is 15.6 Å². The first-order valence-corrected chi connectivity index (χ1v) is 5.92. The predicted octanol–water partition coefficient (Wildman–Crippen LogP) is 1.42. The van der Waals surface area contributed by atoms with Gasteiger partial charge in [-0.2, -0.15) is 0 Å². The second-order valence-electron chi connectivity index (χ2n) is 2.75. The first-order valence-electron chi connectivity index (χ1n) is 3.89. The van der Waals surface area contributed by atoms with Crippen LogP contribution in [0.25, 0.3) is 0 Å². The molecule has 0 bridgehead atoms. The molecule has 0 spiro atoms. The van der Waals surface area contributed by atoms with E-state index in [0.29, 0.717) is 0 Å². The van der Waals surface area contributed by atoms with Crippen molar-refractivity contribution in [3.63, 3.8) is 0 Å². The summed E-state index contributed by atoms with van der Waals surface area (Å²) < 4.78 is 22.9. The van der Waals surface area contributed by atoms with E-state index >= 15 is 0 Å². The number of hydrogen-bond donors (Lipinski definition) is 2. The van der Waals surface area contributed by atoms with Gasteiger partial charge in [-0.15, -0.1) is 0 Å². The third-order valence-corrected chi connectivity index (χ3v) is 3.74. The molecule has 0 saturated heterocycles. The number of phenolic OH excluding ortho intramolecular Hbond substituents is 1. The van der Waals surface area contributed by atoms with E-state index in [1.807, 2.05) is 0 Å². The number of rotatable bonds is 2. The molecule has 0 atom stereocenters. The van der Waals surface area contributed by atoms with Crippen molar-refractivity contribution in [1.82, 2.24) is 0 Å². The highest BCUT2D eigenvalue weighted by molar-refractivity contribution is 7.91. The quantitative estimate of drug-likeness (QED) is 0.600. The number of sulfone groups is 1. The standard InChI is InChI=1S/C8H10ClNO3S/c1-2-14(12,13)7-4-5(9)3-6(10)8(7)11/h3-4,11H,2,10H2,1H3. The summed E-state index contributed by atoms with van der Waals surface area (Å²) >= 11 is 5.63. The summed E-state index contributed by atoms with van der Waals surface area (Å²) in [4.78, 5) is -0.218. The van der Waals surface area contributed by atoms with Gasteiger partial charge in [-0.3, -0.25) is 0 Å². The van der Waals surface area contributed by atoms with Crippen molar-refractivity contribution in [1.29, 1.82) is 0 Å². The molecular formula is C8H10ClNO3S. The van der Waals surface area contributed by atoms with E-state index in [4.69, 9.17) is 17.3 Å². The zero-order chi connectivity index (χ0) is 10.9. The van der Waals surface area contributed by atoms with Gasteiger partial charge in [-0.05, 0) is 12.1 Å². The van der Waals surface area contributed by atoms with Gasteiger partial charge < -0.3 is 10.8 Å². The molecule has 0 fully saturated rings. The minimum Gasteiger partial charge on any atom is -0.504 e. The van der Waals surface area contributed by atoms with Crippen molar-refractivity contribution in [3.8, 4) is 5.75 Å². The minimum atomic E-state index is -3.49. The Morgan fingerprint density at radius 2 is 2.07 bits per heavy atom. The summed E-state index contributed by atoms with van der Waals surface area (Å²) in [5.74, 6) is -0.545. The van der Waals surface area contributed by atoms with Crippen LogP contribution in [0.15, 0.2) is 17.0 Å². The Labute approximate surface area is 87.2 Å². The molecule has 0 heterocycles. The number of anilines is 1. The highest BCUT2D eigenvalue weighted by Crippen LogP contribution is 2.32. The van der Waals surface area contributed by atoms with Gasteiger partial charge in [0.2, 0.25) is 0 Å². The van der Waals surface area contributed by atoms with Crippen LogP contribution in [0.4, 0.5) is 5.69 Å². The number of benzene rings is 1. The molecule has 14 heavy (non-hydrogen) atoms. The van der Waals surface area contributed by atoms with Crippen LogP contribution in [-0.2, 0) is 9.84 Å². The molecule has 3 N–H and O–H groups in total. The molecule has 0 aromatic heterocycles. The van der Waals surface area contributed by atoms with E-state index in [1.54, 1.807) is 0 Å². The van der Waals surface area contributed by atoms with Crippen LogP contribution in [0.2, 0.25) is 5.02 Å².